The summed E-state index contributed by atoms with van der Waals surface area (Å²) < 4.78 is 22.6. The van der Waals surface area contributed by atoms with Gasteiger partial charge in [-0.25, -0.2) is 8.42 Å². The molecule has 2 aliphatic rings. The van der Waals surface area contributed by atoms with Crippen LogP contribution in [0.4, 0.5) is 0 Å². The first-order chi connectivity index (χ1) is 6.07. The number of rotatable bonds is 2. The van der Waals surface area contributed by atoms with E-state index in [0.717, 1.165) is 18.8 Å². The minimum absolute atomic E-state index is 0.230. The zero-order valence-electron chi connectivity index (χ0n) is 7.99. The molecule has 0 aromatic rings. The van der Waals surface area contributed by atoms with Crippen molar-refractivity contribution in [2.75, 3.05) is 11.5 Å². The Labute approximate surface area is 79.8 Å². The molecule has 0 bridgehead atoms. The van der Waals surface area contributed by atoms with E-state index in [1.54, 1.807) is 0 Å². The van der Waals surface area contributed by atoms with Gasteiger partial charge >= 0.3 is 0 Å². The highest BCUT2D eigenvalue weighted by atomic mass is 32.2. The summed E-state index contributed by atoms with van der Waals surface area (Å²) in [6.45, 7) is 2.20. The van der Waals surface area contributed by atoms with E-state index in [-0.39, 0.29) is 6.04 Å². The van der Waals surface area contributed by atoms with Crippen molar-refractivity contribution in [3.05, 3.63) is 0 Å². The van der Waals surface area contributed by atoms with Crippen molar-refractivity contribution < 1.29 is 8.42 Å². The highest BCUT2D eigenvalue weighted by Gasteiger charge is 2.36. The Hall–Kier alpha value is -0.0900. The van der Waals surface area contributed by atoms with Gasteiger partial charge < -0.3 is 5.32 Å². The molecule has 3 atom stereocenters. The van der Waals surface area contributed by atoms with Crippen LogP contribution in [0.5, 0.6) is 0 Å². The fourth-order valence-electron chi connectivity index (χ4n) is 2.01. The van der Waals surface area contributed by atoms with Gasteiger partial charge in [0.15, 0.2) is 9.84 Å². The molecule has 0 aromatic heterocycles. The molecule has 0 spiro atoms. The molecule has 1 saturated carbocycles. The van der Waals surface area contributed by atoms with Crippen LogP contribution in [-0.2, 0) is 9.84 Å². The third-order valence-corrected chi connectivity index (χ3v) is 4.84. The molecule has 2 rings (SSSR count). The average molecular weight is 203 g/mol. The molecule has 76 valence electrons. The monoisotopic (exact) mass is 203 g/mol. The van der Waals surface area contributed by atoms with Crippen LogP contribution in [0.3, 0.4) is 0 Å². The summed E-state index contributed by atoms with van der Waals surface area (Å²) in [5.74, 6) is 1.51. The van der Waals surface area contributed by atoms with Crippen LogP contribution in [0.15, 0.2) is 0 Å². The van der Waals surface area contributed by atoms with Gasteiger partial charge in [-0.2, -0.15) is 0 Å². The highest BCUT2D eigenvalue weighted by Crippen LogP contribution is 2.30. The maximum atomic E-state index is 11.3. The predicted molar refractivity (Wildman–Crippen MR) is 52.4 cm³/mol. The quantitative estimate of drug-likeness (QED) is 0.713. The van der Waals surface area contributed by atoms with Crippen molar-refractivity contribution in [3.63, 3.8) is 0 Å². The lowest BCUT2D eigenvalue weighted by Gasteiger charge is -2.23. The van der Waals surface area contributed by atoms with E-state index in [1.807, 2.05) is 0 Å². The summed E-state index contributed by atoms with van der Waals surface area (Å²) in [6.07, 6.45) is 3.08. The van der Waals surface area contributed by atoms with Crippen molar-refractivity contribution in [1.82, 2.24) is 5.32 Å². The second-order valence-electron chi connectivity index (χ2n) is 4.44. The number of nitrogens with one attached hydrogen (secondary N) is 1. The fourth-order valence-corrected chi connectivity index (χ4v) is 3.66. The second-order valence-corrected chi connectivity index (χ2v) is 6.67. The van der Waals surface area contributed by atoms with E-state index in [1.165, 1.54) is 6.42 Å². The lowest BCUT2D eigenvalue weighted by molar-refractivity contribution is 0.470. The normalized spacial score (nSPS) is 43.0. The highest BCUT2D eigenvalue weighted by molar-refractivity contribution is 7.91. The van der Waals surface area contributed by atoms with E-state index < -0.39 is 9.84 Å². The van der Waals surface area contributed by atoms with Gasteiger partial charge in [-0.1, -0.05) is 6.92 Å². The summed E-state index contributed by atoms with van der Waals surface area (Å²) >= 11 is 0. The smallest absolute Gasteiger partial charge is 0.151 e. The number of sulfone groups is 1. The minimum Gasteiger partial charge on any atom is -0.310 e. The molecule has 1 saturated heterocycles. The van der Waals surface area contributed by atoms with E-state index in [0.29, 0.717) is 17.5 Å². The van der Waals surface area contributed by atoms with Gasteiger partial charge in [-0.3, -0.25) is 0 Å². The van der Waals surface area contributed by atoms with Crippen LogP contribution in [0.1, 0.15) is 26.2 Å². The van der Waals surface area contributed by atoms with Crippen molar-refractivity contribution in [3.8, 4) is 0 Å². The third kappa shape index (κ3) is 2.44. The van der Waals surface area contributed by atoms with Crippen molar-refractivity contribution >= 4 is 9.84 Å². The van der Waals surface area contributed by atoms with Gasteiger partial charge in [0.1, 0.15) is 0 Å². The molecule has 1 aliphatic heterocycles. The van der Waals surface area contributed by atoms with Gasteiger partial charge in [-0.05, 0) is 25.2 Å². The maximum absolute atomic E-state index is 11.3. The third-order valence-electron chi connectivity index (χ3n) is 3.02. The van der Waals surface area contributed by atoms with Gasteiger partial charge in [0.05, 0.1) is 11.5 Å². The molecule has 1 N–H and O–H groups in total. The SMILES string of the molecule is C[C@@H]1C[C@H]1NC1CCCS(=O)(=O)C1. The van der Waals surface area contributed by atoms with Gasteiger partial charge in [-0.15, -0.1) is 0 Å². The van der Waals surface area contributed by atoms with Crippen LogP contribution in [0.25, 0.3) is 0 Å². The molecular weight excluding hydrogens is 186 g/mol. The summed E-state index contributed by atoms with van der Waals surface area (Å²) in [6, 6.07) is 0.826. The zero-order chi connectivity index (χ0) is 9.47. The lowest BCUT2D eigenvalue weighted by Crippen LogP contribution is -2.41. The Bertz CT molecular complexity index is 286. The van der Waals surface area contributed by atoms with Crippen LogP contribution in [0.2, 0.25) is 0 Å². The first-order valence-corrected chi connectivity index (χ1v) is 6.85. The molecular formula is C9H17NO2S. The topological polar surface area (TPSA) is 46.2 Å². The predicted octanol–water partition coefficient (Wildman–Crippen LogP) is 0.562. The molecule has 3 nitrogen and oxygen atoms in total. The Balaban J connectivity index is 1.86. The van der Waals surface area contributed by atoms with Crippen molar-refractivity contribution in [2.24, 2.45) is 5.92 Å². The molecule has 2 fully saturated rings. The van der Waals surface area contributed by atoms with Crippen molar-refractivity contribution in [1.29, 1.82) is 0 Å². The lowest BCUT2D eigenvalue weighted by atomic mass is 10.2. The van der Waals surface area contributed by atoms with E-state index in [4.69, 9.17) is 0 Å². The van der Waals surface area contributed by atoms with Crippen LogP contribution < -0.4 is 5.32 Å². The Morgan fingerprint density at radius 1 is 1.38 bits per heavy atom. The molecule has 13 heavy (non-hydrogen) atoms. The minimum atomic E-state index is -2.73. The Morgan fingerprint density at radius 3 is 2.62 bits per heavy atom. The molecule has 0 amide bonds. The molecule has 0 aromatic carbocycles. The Morgan fingerprint density at radius 2 is 2.08 bits per heavy atom. The first-order valence-electron chi connectivity index (χ1n) is 5.03. The van der Waals surface area contributed by atoms with Crippen LogP contribution in [0, 0.1) is 5.92 Å². The molecule has 0 radical (unpaired) electrons. The van der Waals surface area contributed by atoms with E-state index in [9.17, 15) is 8.42 Å². The fraction of sp³-hybridized carbons (Fsp3) is 1.00. The van der Waals surface area contributed by atoms with Gasteiger partial charge in [0.2, 0.25) is 0 Å². The van der Waals surface area contributed by atoms with E-state index in [2.05, 4.69) is 12.2 Å². The van der Waals surface area contributed by atoms with Gasteiger partial charge in [0.25, 0.3) is 0 Å². The summed E-state index contributed by atoms with van der Waals surface area (Å²) in [5.41, 5.74) is 0. The Kier molecular flexibility index (Phi) is 2.36. The first kappa shape index (κ1) is 9.46. The maximum Gasteiger partial charge on any atom is 0.151 e. The molecule has 4 heteroatoms. The second kappa shape index (κ2) is 3.24. The summed E-state index contributed by atoms with van der Waals surface area (Å²) in [4.78, 5) is 0. The summed E-state index contributed by atoms with van der Waals surface area (Å²) in [5, 5.41) is 3.42. The number of hydrogen-bond acceptors (Lipinski definition) is 3. The van der Waals surface area contributed by atoms with Crippen molar-refractivity contribution in [2.45, 2.75) is 38.3 Å². The largest absolute Gasteiger partial charge is 0.310 e. The zero-order valence-corrected chi connectivity index (χ0v) is 8.81. The van der Waals surface area contributed by atoms with Crippen LogP contribution in [-0.4, -0.2) is 32.0 Å². The molecule has 1 unspecified atom stereocenters. The molecule has 1 aliphatic carbocycles. The van der Waals surface area contributed by atoms with Crippen LogP contribution >= 0.6 is 0 Å². The van der Waals surface area contributed by atoms with E-state index >= 15 is 0 Å². The number of hydrogen-bond donors (Lipinski definition) is 1. The van der Waals surface area contributed by atoms with Gasteiger partial charge in [0, 0.05) is 12.1 Å². The molecule has 1 heterocycles. The average Bonchev–Trinajstić information content (AvgIpc) is 2.64. The summed E-state index contributed by atoms with van der Waals surface area (Å²) in [7, 11) is -2.73. The standard InChI is InChI=1S/C9H17NO2S/c1-7-5-9(7)10-8-3-2-4-13(11,12)6-8/h7-10H,2-6H2,1H3/t7-,8?,9-/m1/s1.